The van der Waals surface area contributed by atoms with Crippen molar-refractivity contribution in [3.05, 3.63) is 83.9 Å². The van der Waals surface area contributed by atoms with Crippen LogP contribution in [0, 0.1) is 6.92 Å². The Labute approximate surface area is 182 Å². The maximum Gasteiger partial charge on any atom is 0.573 e. The molecule has 0 saturated carbocycles. The molecule has 3 rings (SSSR count). The second-order valence-corrected chi connectivity index (χ2v) is 6.82. The van der Waals surface area contributed by atoms with Crippen molar-refractivity contribution in [2.24, 2.45) is 0 Å². The lowest BCUT2D eigenvalue weighted by atomic mass is 10.1. The summed E-state index contributed by atoms with van der Waals surface area (Å²) in [6, 6.07) is 18.9. The van der Waals surface area contributed by atoms with E-state index < -0.39 is 12.3 Å². The highest BCUT2D eigenvalue weighted by Crippen LogP contribution is 2.24. The molecule has 0 bridgehead atoms. The number of nitrogens with one attached hydrogen (secondary N) is 3. The number of benzene rings is 3. The first-order chi connectivity index (χ1) is 15.2. The topological polar surface area (TPSA) is 79.5 Å². The molecule has 0 unspecified atom stereocenters. The van der Waals surface area contributed by atoms with Gasteiger partial charge in [0.2, 0.25) is 5.91 Å². The van der Waals surface area contributed by atoms with Gasteiger partial charge in [-0.1, -0.05) is 24.3 Å². The number of ether oxygens (including phenoxy) is 1. The smallest absolute Gasteiger partial charge is 0.406 e. The summed E-state index contributed by atoms with van der Waals surface area (Å²) in [6.07, 6.45) is -4.78. The Balaban J connectivity index is 1.57. The van der Waals surface area contributed by atoms with Crippen molar-refractivity contribution in [2.75, 3.05) is 22.5 Å². The van der Waals surface area contributed by atoms with Crippen molar-refractivity contribution in [1.82, 2.24) is 0 Å². The standard InChI is InChI=1S/C23H20F3N3O3/c1-15-7-8-16(22(31)29-17-5-3-2-4-6-17)13-20(15)27-14-21(30)28-18-9-11-19(12-10-18)32-23(24,25)26/h2-13,27H,14H2,1H3,(H,28,30)(H,29,31). The first-order valence-corrected chi connectivity index (χ1v) is 9.56. The molecule has 0 atom stereocenters. The molecule has 6 nitrogen and oxygen atoms in total. The van der Waals surface area contributed by atoms with E-state index in [1.165, 1.54) is 12.1 Å². The van der Waals surface area contributed by atoms with E-state index in [0.29, 0.717) is 22.6 Å². The van der Waals surface area contributed by atoms with Crippen LogP contribution in [0.25, 0.3) is 0 Å². The molecule has 0 aliphatic carbocycles. The highest BCUT2D eigenvalue weighted by molar-refractivity contribution is 6.05. The molecule has 0 spiro atoms. The van der Waals surface area contributed by atoms with E-state index >= 15 is 0 Å². The molecule has 3 aromatic rings. The molecule has 0 aliphatic rings. The summed E-state index contributed by atoms with van der Waals surface area (Å²) in [5, 5.41) is 8.34. The van der Waals surface area contributed by atoms with Gasteiger partial charge in [0.15, 0.2) is 0 Å². The van der Waals surface area contributed by atoms with E-state index in [1.54, 1.807) is 30.3 Å². The fraction of sp³-hybridized carbons (Fsp3) is 0.130. The van der Waals surface area contributed by atoms with E-state index in [2.05, 4.69) is 20.7 Å². The molecule has 9 heteroatoms. The Morgan fingerprint density at radius 2 is 1.53 bits per heavy atom. The second-order valence-electron chi connectivity index (χ2n) is 6.82. The highest BCUT2D eigenvalue weighted by Gasteiger charge is 2.30. The number of carbonyl (C=O) groups is 2. The Kier molecular flexibility index (Phi) is 6.99. The normalized spacial score (nSPS) is 10.9. The lowest BCUT2D eigenvalue weighted by Gasteiger charge is -2.13. The zero-order valence-electron chi connectivity index (χ0n) is 17.0. The largest absolute Gasteiger partial charge is 0.573 e. The van der Waals surface area contributed by atoms with Crippen molar-refractivity contribution in [1.29, 1.82) is 0 Å². The highest BCUT2D eigenvalue weighted by atomic mass is 19.4. The van der Waals surface area contributed by atoms with E-state index in [1.807, 2.05) is 25.1 Å². The molecule has 0 aliphatic heterocycles. The Morgan fingerprint density at radius 3 is 2.19 bits per heavy atom. The summed E-state index contributed by atoms with van der Waals surface area (Å²) < 4.78 is 40.4. The average Bonchev–Trinajstić information content (AvgIpc) is 2.74. The zero-order valence-corrected chi connectivity index (χ0v) is 17.0. The molecule has 3 N–H and O–H groups in total. The monoisotopic (exact) mass is 443 g/mol. The Hall–Kier alpha value is -4.01. The van der Waals surface area contributed by atoms with Crippen molar-refractivity contribution in [3.63, 3.8) is 0 Å². The predicted molar refractivity (Wildman–Crippen MR) is 116 cm³/mol. The summed E-state index contributed by atoms with van der Waals surface area (Å²) in [7, 11) is 0. The van der Waals surface area contributed by atoms with E-state index in [0.717, 1.165) is 17.7 Å². The Morgan fingerprint density at radius 1 is 0.875 bits per heavy atom. The number of amides is 2. The van der Waals surface area contributed by atoms with Crippen LogP contribution >= 0.6 is 0 Å². The third-order valence-electron chi connectivity index (χ3n) is 4.34. The van der Waals surface area contributed by atoms with Crippen LogP contribution in [0.5, 0.6) is 5.75 Å². The number of rotatable bonds is 7. The van der Waals surface area contributed by atoms with E-state index in [4.69, 9.17) is 0 Å². The quantitative estimate of drug-likeness (QED) is 0.469. The van der Waals surface area contributed by atoms with E-state index in [-0.39, 0.29) is 18.2 Å². The van der Waals surface area contributed by atoms with Gasteiger partial charge in [-0.3, -0.25) is 9.59 Å². The number of carbonyl (C=O) groups excluding carboxylic acids is 2. The van der Waals surface area contributed by atoms with E-state index in [9.17, 15) is 22.8 Å². The van der Waals surface area contributed by atoms with Gasteiger partial charge >= 0.3 is 6.36 Å². The molecule has 2 amide bonds. The molecule has 0 heterocycles. The van der Waals surface area contributed by atoms with Gasteiger partial charge < -0.3 is 20.7 Å². The van der Waals surface area contributed by atoms with Crippen LogP contribution in [-0.4, -0.2) is 24.7 Å². The van der Waals surface area contributed by atoms with Gasteiger partial charge in [0.25, 0.3) is 5.91 Å². The fourth-order valence-electron chi connectivity index (χ4n) is 2.80. The van der Waals surface area contributed by atoms with Gasteiger partial charge in [-0.15, -0.1) is 13.2 Å². The molecule has 0 fully saturated rings. The molecular weight excluding hydrogens is 423 g/mol. The van der Waals surface area contributed by atoms with Gasteiger partial charge in [-0.05, 0) is 61.0 Å². The molecule has 166 valence electrons. The van der Waals surface area contributed by atoms with Gasteiger partial charge in [0.1, 0.15) is 5.75 Å². The summed E-state index contributed by atoms with van der Waals surface area (Å²) in [4.78, 5) is 24.7. The lowest BCUT2D eigenvalue weighted by Crippen LogP contribution is -2.22. The van der Waals surface area contributed by atoms with Crippen LogP contribution in [0.1, 0.15) is 15.9 Å². The van der Waals surface area contributed by atoms with Crippen LogP contribution in [-0.2, 0) is 4.79 Å². The minimum absolute atomic E-state index is 0.106. The predicted octanol–water partition coefficient (Wildman–Crippen LogP) is 5.20. The number of para-hydroxylation sites is 1. The van der Waals surface area contributed by atoms with Gasteiger partial charge in [-0.2, -0.15) is 0 Å². The molecule has 0 radical (unpaired) electrons. The number of hydrogen-bond acceptors (Lipinski definition) is 4. The van der Waals surface area contributed by atoms with Crippen LogP contribution in [0.2, 0.25) is 0 Å². The van der Waals surface area contributed by atoms with Crippen molar-refractivity contribution >= 4 is 28.9 Å². The van der Waals surface area contributed by atoms with Crippen LogP contribution in [0.15, 0.2) is 72.8 Å². The fourth-order valence-corrected chi connectivity index (χ4v) is 2.80. The third-order valence-corrected chi connectivity index (χ3v) is 4.34. The first-order valence-electron chi connectivity index (χ1n) is 9.56. The first kappa shape index (κ1) is 22.7. The van der Waals surface area contributed by atoms with Crippen LogP contribution in [0.4, 0.5) is 30.2 Å². The number of hydrogen-bond donors (Lipinski definition) is 3. The SMILES string of the molecule is Cc1ccc(C(=O)Nc2ccccc2)cc1NCC(=O)Nc1ccc(OC(F)(F)F)cc1. The lowest BCUT2D eigenvalue weighted by molar-refractivity contribution is -0.274. The van der Waals surface area contributed by atoms with Crippen molar-refractivity contribution < 1.29 is 27.5 Å². The molecule has 0 saturated heterocycles. The second kappa shape index (κ2) is 9.86. The van der Waals surface area contributed by atoms with Crippen molar-refractivity contribution in [3.8, 4) is 5.75 Å². The summed E-state index contributed by atoms with van der Waals surface area (Å²) in [6.45, 7) is 1.73. The summed E-state index contributed by atoms with van der Waals surface area (Å²) in [5.74, 6) is -1.08. The number of alkyl halides is 3. The Bertz CT molecular complexity index is 1090. The minimum atomic E-state index is -4.78. The summed E-state index contributed by atoms with van der Waals surface area (Å²) in [5.41, 5.74) is 2.85. The minimum Gasteiger partial charge on any atom is -0.406 e. The number of aryl methyl sites for hydroxylation is 1. The molecule has 0 aromatic heterocycles. The van der Waals surface area contributed by atoms with Crippen LogP contribution in [0.3, 0.4) is 0 Å². The van der Waals surface area contributed by atoms with Gasteiger partial charge in [-0.25, -0.2) is 0 Å². The molecular formula is C23H20F3N3O3. The number of anilines is 3. The van der Waals surface area contributed by atoms with Crippen LogP contribution < -0.4 is 20.7 Å². The van der Waals surface area contributed by atoms with Gasteiger partial charge in [0, 0.05) is 22.6 Å². The third kappa shape index (κ3) is 6.76. The number of halogens is 3. The van der Waals surface area contributed by atoms with Gasteiger partial charge in [0.05, 0.1) is 6.54 Å². The summed E-state index contributed by atoms with van der Waals surface area (Å²) >= 11 is 0. The maximum atomic E-state index is 12.5. The zero-order chi connectivity index (χ0) is 23.1. The molecule has 32 heavy (non-hydrogen) atoms. The maximum absolute atomic E-state index is 12.5. The average molecular weight is 443 g/mol. The molecule has 3 aromatic carbocycles. The van der Waals surface area contributed by atoms with Crippen molar-refractivity contribution in [2.45, 2.75) is 13.3 Å².